The number of aromatic amines is 2. The number of hydrogen-bond acceptors (Lipinski definition) is 8. The second-order valence-corrected chi connectivity index (χ2v) is 20.8. The molecule has 3 saturated heterocycles. The molecule has 0 radical (unpaired) electrons. The van der Waals surface area contributed by atoms with Crippen molar-refractivity contribution in [2.45, 2.75) is 129 Å². The van der Waals surface area contributed by atoms with Gasteiger partial charge in [0.05, 0.1) is 54.1 Å². The molecular formula is C54H69N9O6. The van der Waals surface area contributed by atoms with Gasteiger partial charge in [0.2, 0.25) is 11.8 Å². The predicted molar refractivity (Wildman–Crippen MR) is 266 cm³/mol. The number of hydrogen-bond donors (Lipinski definition) is 4. The lowest BCUT2D eigenvalue weighted by atomic mass is 9.87. The van der Waals surface area contributed by atoms with E-state index in [1.54, 1.807) is 0 Å². The summed E-state index contributed by atoms with van der Waals surface area (Å²) < 4.78 is 4.81. The molecule has 6 atom stereocenters. The van der Waals surface area contributed by atoms with Crippen LogP contribution in [0.15, 0.2) is 84.9 Å². The zero-order valence-corrected chi connectivity index (χ0v) is 41.5. The first-order chi connectivity index (χ1) is 32.9. The molecule has 0 unspecified atom stereocenters. The SMILES string of the molecule is COC(=O)N[C@H](C(=O)N1CCC[C@H]1c1cc(-c2ccc([C@@H]3CC[C@@H](c4ccc(-c5cc([C@@H]6CCCN6C(=O)[C@H](C(C)C)N(C)C(=O)O)[nH]n5)cc4)N3c3ccc(C(C)(C)C)cc3)cc2)n[nH]1)C(C)C. The van der Waals surface area contributed by atoms with E-state index in [1.165, 1.54) is 36.5 Å². The number of nitrogens with zero attached hydrogens (tertiary/aromatic N) is 6. The molecule has 15 nitrogen and oxygen atoms in total. The van der Waals surface area contributed by atoms with Gasteiger partial charge in [-0.3, -0.25) is 24.7 Å². The third kappa shape index (κ3) is 10.1. The van der Waals surface area contributed by atoms with Crippen molar-refractivity contribution in [1.82, 2.24) is 40.4 Å². The molecule has 3 fully saturated rings. The van der Waals surface area contributed by atoms with E-state index in [-0.39, 0.29) is 53.2 Å². The average Bonchev–Trinajstić information content (AvgIpc) is 4.20. The normalized spacial score (nSPS) is 20.4. The van der Waals surface area contributed by atoms with Gasteiger partial charge in [-0.05, 0) is 96.7 Å². The van der Waals surface area contributed by atoms with Crippen molar-refractivity contribution in [3.8, 4) is 22.5 Å². The summed E-state index contributed by atoms with van der Waals surface area (Å²) in [6.45, 7) is 15.5. The molecule has 4 amide bonds. The number of carboxylic acid groups (broad SMARTS) is 1. The summed E-state index contributed by atoms with van der Waals surface area (Å²) in [6, 6.07) is 28.9. The number of carbonyl (C=O) groups is 4. The van der Waals surface area contributed by atoms with Gasteiger partial charge in [0.25, 0.3) is 0 Å². The Kier molecular flexibility index (Phi) is 14.2. The number of benzene rings is 3. The first-order valence-electron chi connectivity index (χ1n) is 24.6. The molecule has 366 valence electrons. The zero-order chi connectivity index (χ0) is 49.3. The fraction of sp³-hybridized carbons (Fsp3) is 0.481. The lowest BCUT2D eigenvalue weighted by Crippen LogP contribution is -2.51. The summed E-state index contributed by atoms with van der Waals surface area (Å²) in [5, 5.41) is 28.3. The highest BCUT2D eigenvalue weighted by atomic mass is 16.5. The maximum absolute atomic E-state index is 13.8. The van der Waals surface area contributed by atoms with Crippen molar-refractivity contribution in [1.29, 1.82) is 0 Å². The van der Waals surface area contributed by atoms with Gasteiger partial charge in [-0.1, -0.05) is 109 Å². The van der Waals surface area contributed by atoms with Gasteiger partial charge in [0.1, 0.15) is 12.1 Å². The Hall–Kier alpha value is -6.64. The van der Waals surface area contributed by atoms with Crippen LogP contribution in [0.3, 0.4) is 0 Å². The van der Waals surface area contributed by atoms with Gasteiger partial charge in [-0.2, -0.15) is 10.2 Å². The van der Waals surface area contributed by atoms with Gasteiger partial charge in [-0.15, -0.1) is 0 Å². The van der Waals surface area contributed by atoms with E-state index in [1.807, 2.05) is 49.6 Å². The van der Waals surface area contributed by atoms with Crippen LogP contribution >= 0.6 is 0 Å². The summed E-state index contributed by atoms with van der Waals surface area (Å²) >= 11 is 0. The molecule has 5 aromatic rings. The van der Waals surface area contributed by atoms with Crippen molar-refractivity contribution in [2.24, 2.45) is 11.8 Å². The Bertz CT molecular complexity index is 2600. The van der Waals surface area contributed by atoms with Crippen LogP contribution in [0.25, 0.3) is 22.5 Å². The monoisotopic (exact) mass is 940 g/mol. The summed E-state index contributed by atoms with van der Waals surface area (Å²) in [5.74, 6) is -0.585. The lowest BCUT2D eigenvalue weighted by molar-refractivity contribution is -0.138. The Morgan fingerprint density at radius 1 is 0.696 bits per heavy atom. The number of anilines is 1. The molecule has 3 aliphatic heterocycles. The van der Waals surface area contributed by atoms with E-state index >= 15 is 0 Å². The van der Waals surface area contributed by atoms with Crippen molar-refractivity contribution >= 4 is 29.7 Å². The largest absolute Gasteiger partial charge is 0.465 e. The van der Waals surface area contributed by atoms with Crippen LogP contribution in [0.5, 0.6) is 0 Å². The second kappa shape index (κ2) is 20.1. The fourth-order valence-electron chi connectivity index (χ4n) is 10.8. The maximum atomic E-state index is 13.8. The molecule has 0 spiro atoms. The molecule has 15 heteroatoms. The minimum atomic E-state index is -1.12. The van der Waals surface area contributed by atoms with Crippen molar-refractivity contribution in [3.05, 3.63) is 113 Å². The van der Waals surface area contributed by atoms with Gasteiger partial charge in [0, 0.05) is 37.0 Å². The molecule has 69 heavy (non-hydrogen) atoms. The summed E-state index contributed by atoms with van der Waals surface area (Å²) in [6.07, 6.45) is 3.46. The number of likely N-dealkylation sites (tertiary alicyclic amines) is 2. The van der Waals surface area contributed by atoms with Crippen LogP contribution in [0.2, 0.25) is 0 Å². The van der Waals surface area contributed by atoms with Gasteiger partial charge >= 0.3 is 12.2 Å². The number of methoxy groups -OCH3 is 1. The highest BCUT2D eigenvalue weighted by Crippen LogP contribution is 2.48. The Labute approximate surface area is 406 Å². The van der Waals surface area contributed by atoms with Crippen LogP contribution < -0.4 is 10.2 Å². The third-order valence-corrected chi connectivity index (χ3v) is 14.6. The smallest absolute Gasteiger partial charge is 0.407 e. The lowest BCUT2D eigenvalue weighted by Gasteiger charge is -2.34. The minimum absolute atomic E-state index is 0.0230. The molecule has 5 heterocycles. The van der Waals surface area contributed by atoms with Crippen molar-refractivity contribution in [2.75, 3.05) is 32.1 Å². The Morgan fingerprint density at radius 3 is 1.59 bits per heavy atom. The van der Waals surface area contributed by atoms with Gasteiger partial charge in [0.15, 0.2) is 0 Å². The number of nitrogens with one attached hydrogen (secondary N) is 3. The van der Waals surface area contributed by atoms with E-state index in [4.69, 9.17) is 14.9 Å². The van der Waals surface area contributed by atoms with Crippen LogP contribution in [-0.4, -0.2) is 104 Å². The number of H-pyrrole nitrogens is 2. The zero-order valence-electron chi connectivity index (χ0n) is 41.5. The molecule has 3 aliphatic rings. The topological polar surface area (TPSA) is 180 Å². The Balaban J connectivity index is 1.01. The first-order valence-corrected chi connectivity index (χ1v) is 24.6. The molecule has 3 aromatic carbocycles. The van der Waals surface area contributed by atoms with E-state index < -0.39 is 24.3 Å². The number of amides is 4. The number of ether oxygens (including phenoxy) is 1. The molecule has 0 saturated carbocycles. The Morgan fingerprint density at radius 2 is 1.17 bits per heavy atom. The highest BCUT2D eigenvalue weighted by molar-refractivity contribution is 5.87. The molecular weight excluding hydrogens is 871 g/mol. The molecule has 4 N–H and O–H groups in total. The van der Waals surface area contributed by atoms with E-state index in [2.05, 4.69) is 114 Å². The minimum Gasteiger partial charge on any atom is -0.465 e. The van der Waals surface area contributed by atoms with E-state index in [9.17, 15) is 24.3 Å². The summed E-state index contributed by atoms with van der Waals surface area (Å²) in [4.78, 5) is 58.9. The first kappa shape index (κ1) is 48.8. The number of rotatable bonds is 13. The standard InChI is InChI=1S/C54H69N9O6/c1-32(2)48(55-52(66)69-9)50(64)61-28-10-12-46(61)42-30-40(56-58-42)34-14-18-36(19-15-34)44-26-27-45(63(44)39-24-22-38(23-25-39)54(5,6)7)37-20-16-35(17-21-37)41-31-43(59-57-41)47-13-11-29-62(47)51(65)49(33(3)4)60(8)53(67)68/h14-25,30-33,44-49H,10-13,26-29H2,1-9H3,(H,55,66)(H,56,58)(H,57,59)(H,67,68)/t44-,45-,46-,47-,48-,49-/m0/s1. The number of aromatic nitrogens is 4. The van der Waals surface area contributed by atoms with Crippen LogP contribution in [0.4, 0.5) is 15.3 Å². The average molecular weight is 940 g/mol. The fourth-order valence-corrected chi connectivity index (χ4v) is 10.8. The van der Waals surface area contributed by atoms with Crippen molar-refractivity contribution < 1.29 is 29.0 Å². The van der Waals surface area contributed by atoms with Crippen LogP contribution in [0, 0.1) is 11.8 Å². The van der Waals surface area contributed by atoms with Crippen LogP contribution in [0.1, 0.15) is 139 Å². The maximum Gasteiger partial charge on any atom is 0.407 e. The number of alkyl carbamates (subject to hydrolysis) is 1. The van der Waals surface area contributed by atoms with Gasteiger partial charge < -0.3 is 29.9 Å². The molecule has 2 aromatic heterocycles. The predicted octanol–water partition coefficient (Wildman–Crippen LogP) is 10.2. The quantitative estimate of drug-likeness (QED) is 0.0894. The number of carbonyl (C=O) groups excluding carboxylic acids is 3. The molecule has 0 bridgehead atoms. The van der Waals surface area contributed by atoms with Crippen molar-refractivity contribution in [3.63, 3.8) is 0 Å². The molecule has 8 rings (SSSR count). The van der Waals surface area contributed by atoms with Crippen LogP contribution in [-0.2, 0) is 19.7 Å². The van der Waals surface area contributed by atoms with E-state index in [0.29, 0.717) is 13.1 Å². The highest BCUT2D eigenvalue weighted by Gasteiger charge is 2.41. The number of likely N-dealkylation sites (N-methyl/N-ethyl adjacent to an activating group) is 1. The summed E-state index contributed by atoms with van der Waals surface area (Å²) in [7, 11) is 2.77. The molecule has 0 aliphatic carbocycles. The summed E-state index contributed by atoms with van der Waals surface area (Å²) in [5.41, 5.74) is 10.2. The van der Waals surface area contributed by atoms with E-state index in [0.717, 1.165) is 77.3 Å². The second-order valence-electron chi connectivity index (χ2n) is 20.8. The third-order valence-electron chi connectivity index (χ3n) is 14.6. The van der Waals surface area contributed by atoms with Gasteiger partial charge in [-0.25, -0.2) is 9.59 Å².